The number of ether oxygens (including phenoxy) is 1. The average Bonchev–Trinajstić information content (AvgIpc) is 3.38. The lowest BCUT2D eigenvalue weighted by atomic mass is 9.97. The molecule has 3 aromatic rings. The number of imidazole rings is 1. The van der Waals surface area contributed by atoms with Crippen molar-refractivity contribution in [2.45, 2.75) is 26.0 Å². The van der Waals surface area contributed by atoms with E-state index in [1.165, 1.54) is 0 Å². The highest BCUT2D eigenvalue weighted by atomic mass is 16.5. The molecule has 1 fully saturated rings. The van der Waals surface area contributed by atoms with Crippen LogP contribution in [-0.2, 0) is 11.3 Å². The quantitative estimate of drug-likeness (QED) is 0.772. The Morgan fingerprint density at radius 2 is 2.32 bits per heavy atom. The Kier molecular flexibility index (Phi) is 4.23. The fraction of sp³-hybridized carbons (Fsp3) is 0.389. The van der Waals surface area contributed by atoms with Gasteiger partial charge in [-0.1, -0.05) is 0 Å². The summed E-state index contributed by atoms with van der Waals surface area (Å²) in [5.41, 5.74) is 2.53. The largest absolute Gasteiger partial charge is 0.373 e. The highest BCUT2D eigenvalue weighted by Crippen LogP contribution is 2.33. The van der Waals surface area contributed by atoms with Gasteiger partial charge in [0.25, 0.3) is 5.91 Å². The lowest BCUT2D eigenvalue weighted by Gasteiger charge is -2.17. The molecule has 1 aliphatic rings. The van der Waals surface area contributed by atoms with Crippen molar-refractivity contribution in [3.63, 3.8) is 0 Å². The number of carbonyl (C=O) groups excluding carboxylic acids is 1. The molecule has 0 unspecified atom stereocenters. The van der Waals surface area contributed by atoms with E-state index in [0.29, 0.717) is 18.7 Å². The molecule has 4 rings (SSSR count). The van der Waals surface area contributed by atoms with Gasteiger partial charge in [-0.15, -0.1) is 0 Å². The van der Waals surface area contributed by atoms with E-state index >= 15 is 0 Å². The van der Waals surface area contributed by atoms with Crippen LogP contribution in [0.5, 0.6) is 0 Å². The summed E-state index contributed by atoms with van der Waals surface area (Å²) in [4.78, 5) is 16.6. The maximum absolute atomic E-state index is 12.5. The summed E-state index contributed by atoms with van der Waals surface area (Å²) >= 11 is 0. The minimum absolute atomic E-state index is 0.00303. The van der Waals surface area contributed by atoms with Crippen molar-refractivity contribution in [2.75, 3.05) is 13.2 Å². The van der Waals surface area contributed by atoms with Gasteiger partial charge in [-0.25, -0.2) is 4.98 Å². The fourth-order valence-corrected chi connectivity index (χ4v) is 3.29. The van der Waals surface area contributed by atoms with Crippen LogP contribution in [0.3, 0.4) is 0 Å². The standard InChI is InChI=1S/C18H21N5O2/c1-2-23-12-15(10-21-23)17-13(5-8-25-17)9-20-18(24)14-3-4-16-19-6-7-22(16)11-14/h3-4,6-7,10-13,17H,2,5,8-9H2,1H3,(H,20,24)/t13-,17+/m0/s1. The average molecular weight is 339 g/mol. The zero-order chi connectivity index (χ0) is 17.2. The molecule has 1 N–H and O–H groups in total. The molecule has 0 bridgehead atoms. The lowest BCUT2D eigenvalue weighted by molar-refractivity contribution is 0.0845. The van der Waals surface area contributed by atoms with Crippen LogP contribution < -0.4 is 5.32 Å². The van der Waals surface area contributed by atoms with Crippen LogP contribution in [0.4, 0.5) is 0 Å². The molecule has 7 heteroatoms. The van der Waals surface area contributed by atoms with Crippen molar-refractivity contribution in [1.29, 1.82) is 0 Å². The van der Waals surface area contributed by atoms with Gasteiger partial charge in [-0.05, 0) is 25.5 Å². The number of hydrogen-bond donors (Lipinski definition) is 1. The number of carbonyl (C=O) groups is 1. The Morgan fingerprint density at radius 3 is 3.16 bits per heavy atom. The van der Waals surface area contributed by atoms with Crippen LogP contribution in [0.15, 0.2) is 43.1 Å². The van der Waals surface area contributed by atoms with Crippen LogP contribution in [0.1, 0.15) is 35.4 Å². The molecule has 130 valence electrons. The first kappa shape index (κ1) is 15.8. The maximum Gasteiger partial charge on any atom is 0.252 e. The zero-order valence-electron chi connectivity index (χ0n) is 14.1. The number of nitrogens with zero attached hydrogens (tertiary/aromatic N) is 4. The molecule has 4 heterocycles. The number of nitrogens with one attached hydrogen (secondary N) is 1. The Labute approximate surface area is 145 Å². The third-order valence-electron chi connectivity index (χ3n) is 4.70. The predicted octanol–water partition coefficient (Wildman–Crippen LogP) is 2.06. The molecule has 1 aliphatic heterocycles. The van der Waals surface area contributed by atoms with E-state index in [1.54, 1.807) is 18.5 Å². The fourth-order valence-electron chi connectivity index (χ4n) is 3.29. The van der Waals surface area contributed by atoms with Gasteiger partial charge in [-0.3, -0.25) is 9.48 Å². The predicted molar refractivity (Wildman–Crippen MR) is 92.2 cm³/mol. The summed E-state index contributed by atoms with van der Waals surface area (Å²) in [5.74, 6) is 0.181. The molecule has 0 saturated carbocycles. The van der Waals surface area contributed by atoms with Gasteiger partial charge < -0.3 is 14.5 Å². The molecule has 2 atom stereocenters. The SMILES string of the molecule is CCn1cc([C@@H]2OCC[C@H]2CNC(=O)c2ccc3nccn3c2)cn1. The van der Waals surface area contributed by atoms with E-state index in [2.05, 4.69) is 22.3 Å². The molecular formula is C18H21N5O2. The van der Waals surface area contributed by atoms with Crippen molar-refractivity contribution in [2.24, 2.45) is 5.92 Å². The summed E-state index contributed by atoms with van der Waals surface area (Å²) in [7, 11) is 0. The summed E-state index contributed by atoms with van der Waals surface area (Å²) < 4.78 is 9.62. The molecule has 1 amide bonds. The molecule has 3 aromatic heterocycles. The van der Waals surface area contributed by atoms with Crippen LogP contribution in [0, 0.1) is 5.92 Å². The first-order valence-corrected chi connectivity index (χ1v) is 8.59. The molecule has 0 spiro atoms. The normalized spacial score (nSPS) is 20.2. The third-order valence-corrected chi connectivity index (χ3v) is 4.70. The second-order valence-electron chi connectivity index (χ2n) is 6.29. The van der Waals surface area contributed by atoms with E-state index in [0.717, 1.165) is 24.2 Å². The van der Waals surface area contributed by atoms with Crippen LogP contribution in [0.2, 0.25) is 0 Å². The monoisotopic (exact) mass is 339 g/mol. The van der Waals surface area contributed by atoms with E-state index in [9.17, 15) is 4.79 Å². The lowest BCUT2D eigenvalue weighted by Crippen LogP contribution is -2.30. The topological polar surface area (TPSA) is 73.5 Å². The zero-order valence-corrected chi connectivity index (χ0v) is 14.1. The first-order chi connectivity index (χ1) is 12.2. The summed E-state index contributed by atoms with van der Waals surface area (Å²) in [6, 6.07) is 3.64. The van der Waals surface area contributed by atoms with Crippen molar-refractivity contribution >= 4 is 11.6 Å². The summed E-state index contributed by atoms with van der Waals surface area (Å²) in [5, 5.41) is 7.36. The van der Waals surface area contributed by atoms with E-state index in [-0.39, 0.29) is 17.9 Å². The van der Waals surface area contributed by atoms with Gasteiger partial charge in [0.05, 0.1) is 17.9 Å². The number of rotatable bonds is 5. The number of aromatic nitrogens is 4. The molecule has 1 saturated heterocycles. The van der Waals surface area contributed by atoms with Gasteiger partial charge >= 0.3 is 0 Å². The molecule has 0 radical (unpaired) electrons. The van der Waals surface area contributed by atoms with E-state index in [4.69, 9.17) is 4.74 Å². The highest BCUT2D eigenvalue weighted by Gasteiger charge is 2.31. The Morgan fingerprint density at radius 1 is 1.40 bits per heavy atom. The third kappa shape index (κ3) is 3.15. The van der Waals surface area contributed by atoms with Crippen LogP contribution >= 0.6 is 0 Å². The minimum atomic E-state index is -0.0782. The van der Waals surface area contributed by atoms with E-state index < -0.39 is 0 Å². The molecule has 7 nitrogen and oxygen atoms in total. The molecule has 0 aromatic carbocycles. The van der Waals surface area contributed by atoms with E-state index in [1.807, 2.05) is 33.7 Å². The Balaban J connectivity index is 1.41. The number of hydrogen-bond acceptors (Lipinski definition) is 4. The number of pyridine rings is 1. The van der Waals surface area contributed by atoms with Gasteiger partial charge in [0, 0.05) is 56.0 Å². The number of fused-ring (bicyclic) bond motifs is 1. The van der Waals surface area contributed by atoms with Gasteiger partial charge in [0.2, 0.25) is 0 Å². The maximum atomic E-state index is 12.5. The van der Waals surface area contributed by atoms with Crippen molar-refractivity contribution in [1.82, 2.24) is 24.5 Å². The summed E-state index contributed by atoms with van der Waals surface area (Å²) in [6.45, 7) is 4.19. The van der Waals surface area contributed by atoms with Gasteiger partial charge in [0.15, 0.2) is 0 Å². The van der Waals surface area contributed by atoms with Gasteiger partial charge in [-0.2, -0.15) is 5.10 Å². The molecular weight excluding hydrogens is 318 g/mol. The van der Waals surface area contributed by atoms with Crippen LogP contribution in [-0.4, -0.2) is 38.2 Å². The molecule has 0 aliphatic carbocycles. The van der Waals surface area contributed by atoms with Crippen molar-refractivity contribution in [3.8, 4) is 0 Å². The number of amides is 1. The highest BCUT2D eigenvalue weighted by molar-refractivity contribution is 5.94. The second kappa shape index (κ2) is 6.68. The molecule has 25 heavy (non-hydrogen) atoms. The number of aryl methyl sites for hydroxylation is 1. The summed E-state index contributed by atoms with van der Waals surface area (Å²) in [6.07, 6.45) is 10.2. The van der Waals surface area contributed by atoms with Crippen molar-refractivity contribution < 1.29 is 9.53 Å². The first-order valence-electron chi connectivity index (χ1n) is 8.59. The van der Waals surface area contributed by atoms with Gasteiger partial charge in [0.1, 0.15) is 5.65 Å². The van der Waals surface area contributed by atoms with Crippen molar-refractivity contribution in [3.05, 3.63) is 54.2 Å². The second-order valence-corrected chi connectivity index (χ2v) is 6.29. The van der Waals surface area contributed by atoms with Crippen LogP contribution in [0.25, 0.3) is 5.65 Å². The Hall–Kier alpha value is -2.67. The Bertz CT molecular complexity index is 884. The minimum Gasteiger partial charge on any atom is -0.373 e. The smallest absolute Gasteiger partial charge is 0.252 e.